The fourth-order valence-corrected chi connectivity index (χ4v) is 1.50. The third kappa shape index (κ3) is 4.29. The summed E-state index contributed by atoms with van der Waals surface area (Å²) in [6.07, 6.45) is 0.942. The van der Waals surface area contributed by atoms with E-state index in [9.17, 15) is 4.79 Å². The number of amides is 1. The lowest BCUT2D eigenvalue weighted by Crippen LogP contribution is -2.30. The fourth-order valence-electron chi connectivity index (χ4n) is 1.50. The van der Waals surface area contributed by atoms with E-state index in [1.807, 2.05) is 14.1 Å². The molecule has 0 aromatic carbocycles. The molecule has 0 atom stereocenters. The average Bonchev–Trinajstić information content (AvgIpc) is 2.37. The molecule has 18 heavy (non-hydrogen) atoms. The van der Waals surface area contributed by atoms with Gasteiger partial charge in [0.05, 0.1) is 0 Å². The lowest BCUT2D eigenvalue weighted by molar-refractivity contribution is 0.0784. The van der Waals surface area contributed by atoms with Crippen molar-refractivity contribution in [1.82, 2.24) is 20.0 Å². The van der Waals surface area contributed by atoms with Crippen LogP contribution < -0.4 is 5.32 Å². The average molecular weight is 251 g/mol. The van der Waals surface area contributed by atoms with Gasteiger partial charge in [-0.2, -0.15) is 0 Å². The first kappa shape index (κ1) is 14.4. The van der Waals surface area contributed by atoms with Gasteiger partial charge in [-0.25, -0.2) is 0 Å². The maximum absolute atomic E-state index is 12.0. The Morgan fingerprint density at radius 1 is 1.22 bits per heavy atom. The Hall–Kier alpha value is -1.69. The van der Waals surface area contributed by atoms with E-state index in [1.54, 1.807) is 31.1 Å². The van der Waals surface area contributed by atoms with Gasteiger partial charge in [0.1, 0.15) is 5.82 Å². The van der Waals surface area contributed by atoms with Crippen LogP contribution in [0.1, 0.15) is 16.9 Å². The molecule has 1 heterocycles. The molecule has 0 saturated heterocycles. The highest BCUT2D eigenvalue weighted by Crippen LogP contribution is 2.04. The van der Waals surface area contributed by atoms with Crippen LogP contribution in [0.4, 0.5) is 5.82 Å². The zero-order valence-corrected chi connectivity index (χ0v) is 11.5. The van der Waals surface area contributed by atoms with Crippen molar-refractivity contribution in [2.75, 3.05) is 46.6 Å². The molecular weight excluding hydrogens is 230 g/mol. The van der Waals surface area contributed by atoms with Crippen molar-refractivity contribution in [3.8, 4) is 0 Å². The maximum Gasteiger partial charge on any atom is 0.274 e. The Morgan fingerprint density at radius 2 is 1.94 bits per heavy atom. The van der Waals surface area contributed by atoms with Crippen molar-refractivity contribution in [3.05, 3.63) is 17.8 Å². The van der Waals surface area contributed by atoms with Gasteiger partial charge in [-0.1, -0.05) is 0 Å². The van der Waals surface area contributed by atoms with Crippen LogP contribution in [0, 0.1) is 0 Å². The second-order valence-corrected chi connectivity index (χ2v) is 4.44. The van der Waals surface area contributed by atoms with Gasteiger partial charge in [-0.3, -0.25) is 4.79 Å². The molecule has 0 fully saturated rings. The van der Waals surface area contributed by atoms with E-state index < -0.39 is 0 Å². The number of nitrogens with one attached hydrogen (secondary N) is 1. The van der Waals surface area contributed by atoms with E-state index in [1.165, 1.54) is 0 Å². The van der Waals surface area contributed by atoms with Crippen molar-refractivity contribution in [3.63, 3.8) is 0 Å². The summed E-state index contributed by atoms with van der Waals surface area (Å²) in [7, 11) is 7.58. The Kier molecular flexibility index (Phi) is 5.51. The van der Waals surface area contributed by atoms with Gasteiger partial charge in [-0.05, 0) is 39.2 Å². The number of hydrogen-bond acceptors (Lipinski definition) is 5. The minimum absolute atomic E-state index is 0.0936. The normalized spacial score (nSPS) is 10.5. The van der Waals surface area contributed by atoms with E-state index >= 15 is 0 Å². The highest BCUT2D eigenvalue weighted by molar-refractivity contribution is 5.92. The predicted octanol–water partition coefficient (Wildman–Crippen LogP) is 0.542. The number of anilines is 1. The molecule has 6 heteroatoms. The van der Waals surface area contributed by atoms with E-state index in [2.05, 4.69) is 20.4 Å². The molecule has 6 nitrogen and oxygen atoms in total. The Bertz CT molecular complexity index is 377. The second-order valence-electron chi connectivity index (χ2n) is 4.44. The van der Waals surface area contributed by atoms with Crippen molar-refractivity contribution >= 4 is 11.7 Å². The topological polar surface area (TPSA) is 61.4 Å². The number of aromatic nitrogens is 2. The van der Waals surface area contributed by atoms with E-state index in [0.717, 1.165) is 13.0 Å². The largest absolute Gasteiger partial charge is 0.372 e. The third-order valence-corrected chi connectivity index (χ3v) is 2.59. The van der Waals surface area contributed by atoms with Crippen LogP contribution in [0.2, 0.25) is 0 Å². The molecule has 0 unspecified atom stereocenters. The summed E-state index contributed by atoms with van der Waals surface area (Å²) in [6.45, 7) is 1.68. The molecule has 1 N–H and O–H groups in total. The minimum atomic E-state index is -0.0936. The second kappa shape index (κ2) is 6.90. The van der Waals surface area contributed by atoms with Crippen molar-refractivity contribution in [1.29, 1.82) is 0 Å². The first-order chi connectivity index (χ1) is 8.54. The summed E-state index contributed by atoms with van der Waals surface area (Å²) >= 11 is 0. The van der Waals surface area contributed by atoms with Crippen molar-refractivity contribution in [2.45, 2.75) is 6.42 Å². The van der Waals surface area contributed by atoms with Crippen molar-refractivity contribution < 1.29 is 4.79 Å². The van der Waals surface area contributed by atoms with Crippen LogP contribution in [0.3, 0.4) is 0 Å². The summed E-state index contributed by atoms with van der Waals surface area (Å²) in [5, 5.41) is 10.7. The molecule has 100 valence electrons. The highest BCUT2D eigenvalue weighted by Gasteiger charge is 2.13. The van der Waals surface area contributed by atoms with E-state index in [4.69, 9.17) is 0 Å². The number of carbonyl (C=O) groups is 1. The monoisotopic (exact) mass is 251 g/mol. The first-order valence-corrected chi connectivity index (χ1v) is 5.96. The third-order valence-electron chi connectivity index (χ3n) is 2.59. The predicted molar refractivity (Wildman–Crippen MR) is 71.7 cm³/mol. The molecule has 1 aromatic rings. The van der Waals surface area contributed by atoms with Gasteiger partial charge in [0, 0.05) is 20.6 Å². The van der Waals surface area contributed by atoms with E-state index in [0.29, 0.717) is 18.1 Å². The smallest absolute Gasteiger partial charge is 0.274 e. The Balaban J connectivity index is 2.51. The molecule has 0 aliphatic rings. The summed E-state index contributed by atoms with van der Waals surface area (Å²) in [5.74, 6) is 0.561. The Labute approximate surface area is 108 Å². The zero-order chi connectivity index (χ0) is 13.5. The summed E-state index contributed by atoms with van der Waals surface area (Å²) in [4.78, 5) is 15.8. The van der Waals surface area contributed by atoms with Crippen molar-refractivity contribution in [2.24, 2.45) is 0 Å². The molecule has 1 amide bonds. The molecule has 0 aliphatic carbocycles. The van der Waals surface area contributed by atoms with Gasteiger partial charge < -0.3 is 15.1 Å². The SMILES string of the molecule is CNc1ccc(C(=O)N(C)CCCN(C)C)nn1. The molecule has 0 bridgehead atoms. The number of carbonyl (C=O) groups excluding carboxylic acids is 1. The van der Waals surface area contributed by atoms with Crippen LogP contribution in [-0.4, -0.2) is 67.2 Å². The van der Waals surface area contributed by atoms with E-state index in [-0.39, 0.29) is 5.91 Å². The van der Waals surface area contributed by atoms with Crippen LogP contribution in [0.15, 0.2) is 12.1 Å². The first-order valence-electron chi connectivity index (χ1n) is 5.96. The molecule has 0 spiro atoms. The number of hydrogen-bond donors (Lipinski definition) is 1. The zero-order valence-electron chi connectivity index (χ0n) is 11.5. The lowest BCUT2D eigenvalue weighted by atomic mass is 10.3. The van der Waals surface area contributed by atoms with Gasteiger partial charge in [0.2, 0.25) is 0 Å². The van der Waals surface area contributed by atoms with Crippen LogP contribution in [0.5, 0.6) is 0 Å². The Morgan fingerprint density at radius 3 is 2.44 bits per heavy atom. The number of nitrogens with zero attached hydrogens (tertiary/aromatic N) is 4. The highest BCUT2D eigenvalue weighted by atomic mass is 16.2. The summed E-state index contributed by atoms with van der Waals surface area (Å²) < 4.78 is 0. The molecular formula is C12H21N5O. The maximum atomic E-state index is 12.0. The molecule has 1 rings (SSSR count). The van der Waals surface area contributed by atoms with Crippen LogP contribution >= 0.6 is 0 Å². The molecule has 1 aromatic heterocycles. The minimum Gasteiger partial charge on any atom is -0.372 e. The van der Waals surface area contributed by atoms with Crippen LogP contribution in [0.25, 0.3) is 0 Å². The quantitative estimate of drug-likeness (QED) is 0.799. The van der Waals surface area contributed by atoms with Gasteiger partial charge in [0.25, 0.3) is 5.91 Å². The molecule has 0 aliphatic heterocycles. The summed E-state index contributed by atoms with van der Waals surface area (Å²) in [5.41, 5.74) is 0.376. The summed E-state index contributed by atoms with van der Waals surface area (Å²) in [6, 6.07) is 3.43. The standard InChI is InChI=1S/C12H21N5O/c1-13-11-7-6-10(14-15-11)12(18)17(4)9-5-8-16(2)3/h6-7H,5,8-9H2,1-4H3,(H,13,15). The fraction of sp³-hybridized carbons (Fsp3) is 0.583. The number of rotatable bonds is 6. The molecule has 0 saturated carbocycles. The molecule has 0 radical (unpaired) electrons. The van der Waals surface area contributed by atoms with Gasteiger partial charge >= 0.3 is 0 Å². The lowest BCUT2D eigenvalue weighted by Gasteiger charge is -2.17. The van der Waals surface area contributed by atoms with Gasteiger partial charge in [0.15, 0.2) is 5.69 Å². The van der Waals surface area contributed by atoms with Crippen LogP contribution in [-0.2, 0) is 0 Å². The van der Waals surface area contributed by atoms with Gasteiger partial charge in [-0.15, -0.1) is 10.2 Å².